The Morgan fingerprint density at radius 1 is 1.23 bits per heavy atom. The summed E-state index contributed by atoms with van der Waals surface area (Å²) in [5, 5.41) is 0. The molecule has 0 unspecified atom stereocenters. The van der Waals surface area contributed by atoms with Gasteiger partial charge in [0.25, 0.3) is 0 Å². The van der Waals surface area contributed by atoms with E-state index in [-0.39, 0.29) is 6.29 Å². The van der Waals surface area contributed by atoms with E-state index in [1.807, 2.05) is 24.3 Å². The number of rotatable bonds is 3. The Labute approximate surface area is 92.9 Å². The predicted molar refractivity (Wildman–Crippen MR) is 47.9 cm³/mol. The second-order valence-corrected chi connectivity index (χ2v) is 2.14. The molecule has 1 aromatic rings. The standard InChI is InChI=1S/C9H11O2.ClH.Zn/c1-10-9(11-2)8-6-4-3-5-7-8;;/h4-7,9H,1-2H3;1H;/q-1;;+2/p-1. The van der Waals surface area contributed by atoms with Crippen LogP contribution in [-0.4, -0.2) is 14.2 Å². The number of hydrogen-bond acceptors (Lipinski definition) is 2. The Kier molecular flexibility index (Phi) is 8.68. The monoisotopic (exact) mass is 250 g/mol. The second kappa shape index (κ2) is 8.64. The SMILES string of the molecule is COC(OC)c1cc[c-]cc1.[Cl][Zn+]. The molecular weight excluding hydrogens is 241 g/mol. The summed E-state index contributed by atoms with van der Waals surface area (Å²) in [7, 11) is 8.00. The predicted octanol–water partition coefficient (Wildman–Crippen LogP) is 2.47. The van der Waals surface area contributed by atoms with Crippen LogP contribution in [0.25, 0.3) is 0 Å². The van der Waals surface area contributed by atoms with Crippen LogP contribution >= 0.6 is 9.69 Å². The molecule has 0 atom stereocenters. The van der Waals surface area contributed by atoms with Crippen LogP contribution in [0.1, 0.15) is 11.9 Å². The summed E-state index contributed by atoms with van der Waals surface area (Å²) in [4.78, 5) is 0. The molecule has 0 N–H and O–H groups in total. The normalized spacial score (nSPS) is 9.38. The molecule has 1 rings (SSSR count). The van der Waals surface area contributed by atoms with E-state index in [4.69, 9.17) is 19.2 Å². The van der Waals surface area contributed by atoms with E-state index in [1.54, 1.807) is 14.2 Å². The van der Waals surface area contributed by atoms with Crippen LogP contribution in [0.2, 0.25) is 0 Å². The first-order valence-electron chi connectivity index (χ1n) is 3.67. The minimum atomic E-state index is -0.260. The molecule has 0 heterocycles. The van der Waals surface area contributed by atoms with E-state index in [0.717, 1.165) is 22.9 Å². The fourth-order valence-electron chi connectivity index (χ4n) is 0.925. The Morgan fingerprint density at radius 2 is 1.69 bits per heavy atom. The number of halogens is 1. The third kappa shape index (κ3) is 4.73. The maximum atomic E-state index is 5.05. The third-order valence-corrected chi connectivity index (χ3v) is 1.44. The first-order chi connectivity index (χ1) is 6.38. The molecule has 0 fully saturated rings. The molecule has 0 saturated carbocycles. The van der Waals surface area contributed by atoms with Crippen molar-refractivity contribution in [1.29, 1.82) is 0 Å². The summed E-state index contributed by atoms with van der Waals surface area (Å²) < 4.78 is 10.1. The van der Waals surface area contributed by atoms with Gasteiger partial charge in [0.15, 0.2) is 6.29 Å². The molecule has 68 valence electrons. The van der Waals surface area contributed by atoms with Gasteiger partial charge in [0.2, 0.25) is 0 Å². The summed E-state index contributed by atoms with van der Waals surface area (Å²) in [5.41, 5.74) is 1.01. The zero-order valence-corrected chi connectivity index (χ0v) is 11.5. The van der Waals surface area contributed by atoms with E-state index in [2.05, 4.69) is 6.07 Å². The molecular formula is C9H11ClO2Zn. The molecule has 0 amide bonds. The van der Waals surface area contributed by atoms with Crippen LogP contribution in [0.4, 0.5) is 0 Å². The minimum absolute atomic E-state index is 0.260. The molecule has 4 heteroatoms. The van der Waals surface area contributed by atoms with Crippen molar-refractivity contribution in [2.75, 3.05) is 14.2 Å². The molecule has 0 aliphatic heterocycles. The van der Waals surface area contributed by atoms with Gasteiger partial charge in [-0.25, -0.2) is 0 Å². The van der Waals surface area contributed by atoms with E-state index in [1.165, 1.54) is 0 Å². The van der Waals surface area contributed by atoms with Gasteiger partial charge in [-0.1, -0.05) is 0 Å². The molecule has 13 heavy (non-hydrogen) atoms. The van der Waals surface area contributed by atoms with Crippen molar-refractivity contribution in [3.05, 3.63) is 35.9 Å². The van der Waals surface area contributed by atoms with Crippen molar-refractivity contribution in [3.8, 4) is 0 Å². The Hall–Kier alpha value is 0.0534. The Morgan fingerprint density at radius 3 is 2.08 bits per heavy atom. The van der Waals surface area contributed by atoms with Gasteiger partial charge >= 0.3 is 27.0 Å². The van der Waals surface area contributed by atoms with Crippen molar-refractivity contribution in [2.45, 2.75) is 6.29 Å². The second-order valence-electron chi connectivity index (χ2n) is 2.14. The van der Waals surface area contributed by atoms with Gasteiger partial charge in [-0.05, 0) is 0 Å². The van der Waals surface area contributed by atoms with Crippen molar-refractivity contribution in [2.24, 2.45) is 0 Å². The topological polar surface area (TPSA) is 18.5 Å². The van der Waals surface area contributed by atoms with Crippen LogP contribution < -0.4 is 0 Å². The fraction of sp³-hybridized carbons (Fsp3) is 0.333. The van der Waals surface area contributed by atoms with E-state index < -0.39 is 0 Å². The van der Waals surface area contributed by atoms with E-state index in [0.29, 0.717) is 0 Å². The Bertz CT molecular complexity index is 202. The average Bonchev–Trinajstić information content (AvgIpc) is 2.24. The van der Waals surface area contributed by atoms with Gasteiger partial charge in [0.1, 0.15) is 0 Å². The number of benzene rings is 1. The summed E-state index contributed by atoms with van der Waals surface area (Å²) >= 11 is 0.847. The zero-order chi connectivity index (χ0) is 10.1. The van der Waals surface area contributed by atoms with Gasteiger partial charge in [0, 0.05) is 14.2 Å². The van der Waals surface area contributed by atoms with Crippen molar-refractivity contribution >= 4 is 9.69 Å². The fourth-order valence-corrected chi connectivity index (χ4v) is 0.925. The molecule has 0 aliphatic rings. The first-order valence-corrected chi connectivity index (χ1v) is 7.56. The quantitative estimate of drug-likeness (QED) is 0.467. The molecule has 1 aromatic carbocycles. The molecule has 0 spiro atoms. The van der Waals surface area contributed by atoms with E-state index >= 15 is 0 Å². The van der Waals surface area contributed by atoms with Gasteiger partial charge in [-0.2, -0.15) is 30.3 Å². The molecule has 0 bridgehead atoms. The van der Waals surface area contributed by atoms with Crippen molar-refractivity contribution < 1.29 is 26.8 Å². The Balaban J connectivity index is 0.000000671. The van der Waals surface area contributed by atoms with Crippen LogP contribution in [-0.2, 0) is 26.8 Å². The summed E-state index contributed by atoms with van der Waals surface area (Å²) in [6, 6.07) is 10.4. The molecule has 0 saturated heterocycles. The maximum absolute atomic E-state index is 5.05. The zero-order valence-electron chi connectivity index (χ0n) is 7.79. The van der Waals surface area contributed by atoms with E-state index in [9.17, 15) is 0 Å². The molecule has 2 nitrogen and oxygen atoms in total. The molecule has 0 aliphatic carbocycles. The van der Waals surface area contributed by atoms with Gasteiger partial charge in [-0.3, -0.25) is 0 Å². The number of methoxy groups -OCH3 is 2. The molecule has 0 radical (unpaired) electrons. The van der Waals surface area contributed by atoms with Gasteiger partial charge in [0.05, 0.1) is 0 Å². The van der Waals surface area contributed by atoms with Gasteiger partial charge in [-0.15, -0.1) is 5.56 Å². The first kappa shape index (κ1) is 13.1. The summed E-state index contributed by atoms with van der Waals surface area (Å²) in [6.45, 7) is 0. The van der Waals surface area contributed by atoms with Crippen molar-refractivity contribution in [3.63, 3.8) is 0 Å². The van der Waals surface area contributed by atoms with Crippen molar-refractivity contribution in [1.82, 2.24) is 0 Å². The summed E-state index contributed by atoms with van der Waals surface area (Å²) in [6.07, 6.45) is -0.260. The van der Waals surface area contributed by atoms with Crippen LogP contribution in [0.15, 0.2) is 24.3 Å². The third-order valence-electron chi connectivity index (χ3n) is 1.44. The number of hydrogen-bond donors (Lipinski definition) is 0. The molecule has 0 aromatic heterocycles. The average molecular weight is 252 g/mol. The van der Waals surface area contributed by atoms with Gasteiger partial charge < -0.3 is 9.47 Å². The van der Waals surface area contributed by atoms with Crippen LogP contribution in [0, 0.1) is 6.07 Å². The van der Waals surface area contributed by atoms with Crippen LogP contribution in [0.3, 0.4) is 0 Å². The number of ether oxygens (including phenoxy) is 2. The summed E-state index contributed by atoms with van der Waals surface area (Å²) in [5.74, 6) is 0. The van der Waals surface area contributed by atoms with Crippen LogP contribution in [0.5, 0.6) is 0 Å².